The zero-order chi connectivity index (χ0) is 23.8. The van der Waals surface area contributed by atoms with Crippen LogP contribution in [0.5, 0.6) is 5.75 Å². The van der Waals surface area contributed by atoms with Crippen molar-refractivity contribution in [2.45, 2.75) is 25.7 Å². The number of carbonyl (C=O) groups is 1. The van der Waals surface area contributed by atoms with Crippen molar-refractivity contribution in [3.8, 4) is 5.75 Å². The van der Waals surface area contributed by atoms with Gasteiger partial charge in [-0.25, -0.2) is 9.78 Å². The number of aryl methyl sites for hydroxylation is 1. The Balaban J connectivity index is 1.38. The number of nitrogens with one attached hydrogen (secondary N) is 1. The van der Waals surface area contributed by atoms with E-state index in [4.69, 9.17) is 4.42 Å². The summed E-state index contributed by atoms with van der Waals surface area (Å²) in [6.07, 6.45) is -4.54. The molecular formula is C19H13F3N4O6S. The number of aromatic nitrogens is 2. The summed E-state index contributed by atoms with van der Waals surface area (Å²) in [6.45, 7) is 0.134. The molecule has 4 rings (SSSR count). The summed E-state index contributed by atoms with van der Waals surface area (Å²) in [4.78, 5) is 38.7. The number of hydrogen-bond donors (Lipinski definition) is 1. The number of nitro benzene ring substituents is 1. The van der Waals surface area contributed by atoms with Crippen molar-refractivity contribution in [2.75, 3.05) is 5.32 Å². The van der Waals surface area contributed by atoms with Crippen molar-refractivity contribution in [1.29, 1.82) is 0 Å². The van der Waals surface area contributed by atoms with Crippen molar-refractivity contribution in [2.24, 2.45) is 0 Å². The Morgan fingerprint density at radius 1 is 1.27 bits per heavy atom. The van der Waals surface area contributed by atoms with Crippen LogP contribution in [0.2, 0.25) is 0 Å². The molecule has 2 aromatic heterocycles. The number of halogens is 3. The molecule has 0 aliphatic carbocycles. The van der Waals surface area contributed by atoms with Gasteiger partial charge < -0.3 is 14.5 Å². The van der Waals surface area contributed by atoms with Crippen molar-refractivity contribution in [3.63, 3.8) is 0 Å². The van der Waals surface area contributed by atoms with Crippen LogP contribution in [0.15, 0.2) is 45.6 Å². The lowest BCUT2D eigenvalue weighted by Crippen LogP contribution is -2.17. The normalized spacial score (nSPS) is 11.7. The summed E-state index contributed by atoms with van der Waals surface area (Å²) >= 11 is 0.989. The highest BCUT2D eigenvalue weighted by Gasteiger charge is 2.31. The number of nitro groups is 1. The number of carbonyl (C=O) groups excluding carboxylic acids is 1. The first-order chi connectivity index (χ1) is 15.6. The van der Waals surface area contributed by atoms with Gasteiger partial charge in [0.15, 0.2) is 10.7 Å². The molecule has 0 aliphatic rings. The van der Waals surface area contributed by atoms with Crippen LogP contribution in [0.1, 0.15) is 12.8 Å². The Labute approximate surface area is 185 Å². The summed E-state index contributed by atoms with van der Waals surface area (Å²) in [6, 6.07) is 7.45. The number of anilines is 1. The molecule has 0 saturated heterocycles. The van der Waals surface area contributed by atoms with Gasteiger partial charge in [0.1, 0.15) is 5.75 Å². The SMILES string of the molecule is O=C(CCCn1c(=O)oc2cc([N+](=O)[O-])ccc21)Nc1nc2ccc(OC(F)(F)F)cc2s1. The van der Waals surface area contributed by atoms with Gasteiger partial charge in [-0.2, -0.15) is 0 Å². The van der Waals surface area contributed by atoms with Crippen LogP contribution >= 0.6 is 11.3 Å². The predicted octanol–water partition coefficient (Wildman–Crippen LogP) is 4.43. The molecule has 1 amide bonds. The smallest absolute Gasteiger partial charge is 0.407 e. The average Bonchev–Trinajstić information content (AvgIpc) is 3.25. The Kier molecular flexibility index (Phi) is 5.76. The van der Waals surface area contributed by atoms with Crippen LogP contribution in [0.4, 0.5) is 24.0 Å². The topological polar surface area (TPSA) is 130 Å². The minimum Gasteiger partial charge on any atom is -0.407 e. The highest BCUT2D eigenvalue weighted by atomic mass is 32.1. The molecule has 4 aromatic rings. The summed E-state index contributed by atoms with van der Waals surface area (Å²) in [5, 5.41) is 13.6. The number of oxazole rings is 1. The fourth-order valence-corrected chi connectivity index (χ4v) is 4.03. The summed E-state index contributed by atoms with van der Waals surface area (Å²) in [5.74, 6) is -1.49. The van der Waals surface area contributed by atoms with Crippen LogP contribution in [0, 0.1) is 10.1 Å². The molecule has 0 fully saturated rings. The minimum absolute atomic E-state index is 0.0183. The van der Waals surface area contributed by atoms with Gasteiger partial charge in [-0.15, -0.1) is 13.2 Å². The molecule has 0 unspecified atom stereocenters. The Morgan fingerprint density at radius 2 is 2.06 bits per heavy atom. The van der Waals surface area contributed by atoms with Crippen molar-refractivity contribution < 1.29 is 32.0 Å². The van der Waals surface area contributed by atoms with E-state index in [-0.39, 0.29) is 41.5 Å². The van der Waals surface area contributed by atoms with Crippen LogP contribution in [0.3, 0.4) is 0 Å². The molecule has 0 aliphatic heterocycles. The Bertz CT molecular complexity index is 1420. The molecule has 172 valence electrons. The van der Waals surface area contributed by atoms with Crippen molar-refractivity contribution in [3.05, 3.63) is 57.1 Å². The van der Waals surface area contributed by atoms with Crippen molar-refractivity contribution >= 4 is 49.4 Å². The van der Waals surface area contributed by atoms with E-state index in [1.165, 1.54) is 28.8 Å². The fourth-order valence-electron chi connectivity index (χ4n) is 3.12. The van der Waals surface area contributed by atoms with Crippen LogP contribution in [-0.4, -0.2) is 26.7 Å². The number of benzene rings is 2. The number of alkyl halides is 3. The zero-order valence-electron chi connectivity index (χ0n) is 16.4. The van der Waals surface area contributed by atoms with E-state index in [1.807, 2.05) is 0 Å². The third-order valence-corrected chi connectivity index (χ3v) is 5.42. The summed E-state index contributed by atoms with van der Waals surface area (Å²) in [7, 11) is 0. The molecular weight excluding hydrogens is 469 g/mol. The van der Waals surface area contributed by atoms with Crippen molar-refractivity contribution in [1.82, 2.24) is 9.55 Å². The van der Waals surface area contributed by atoms with Crippen LogP contribution in [-0.2, 0) is 11.3 Å². The number of hydrogen-bond acceptors (Lipinski definition) is 8. The van der Waals surface area contributed by atoms with Gasteiger partial charge in [0.25, 0.3) is 5.69 Å². The highest BCUT2D eigenvalue weighted by Crippen LogP contribution is 2.31. The Morgan fingerprint density at radius 3 is 2.79 bits per heavy atom. The molecule has 0 saturated carbocycles. The lowest BCUT2D eigenvalue weighted by molar-refractivity contribution is -0.384. The molecule has 0 spiro atoms. The second-order valence-corrected chi connectivity index (χ2v) is 7.81. The second-order valence-electron chi connectivity index (χ2n) is 6.78. The number of non-ortho nitro benzene ring substituents is 1. The van der Waals surface area contributed by atoms with E-state index in [0.717, 1.165) is 23.5 Å². The first-order valence-electron chi connectivity index (χ1n) is 9.33. The lowest BCUT2D eigenvalue weighted by Gasteiger charge is -2.07. The van der Waals surface area contributed by atoms with E-state index in [2.05, 4.69) is 15.0 Å². The van der Waals surface area contributed by atoms with Crippen LogP contribution < -0.4 is 15.8 Å². The number of nitrogens with zero attached hydrogens (tertiary/aromatic N) is 3. The first kappa shape index (κ1) is 22.3. The van der Waals surface area contributed by atoms with Gasteiger partial charge >= 0.3 is 12.1 Å². The van der Waals surface area contributed by atoms with Gasteiger partial charge in [0.2, 0.25) is 5.91 Å². The second kappa shape index (κ2) is 8.54. The maximum absolute atomic E-state index is 12.4. The predicted molar refractivity (Wildman–Crippen MR) is 111 cm³/mol. The van der Waals surface area contributed by atoms with E-state index in [9.17, 15) is 32.9 Å². The molecule has 0 atom stereocenters. The molecule has 14 heteroatoms. The summed E-state index contributed by atoms with van der Waals surface area (Å²) in [5.41, 5.74) is 0.627. The minimum atomic E-state index is -4.81. The molecule has 33 heavy (non-hydrogen) atoms. The van der Waals surface area contributed by atoms with E-state index in [1.54, 1.807) is 0 Å². The standard InChI is InChI=1S/C19H13F3N4O6S/c20-19(21,22)32-11-4-5-12-15(9-11)33-17(23-12)24-16(27)2-1-7-25-13-6-3-10(26(29)30)8-14(13)31-18(25)28/h3-6,8-9H,1-2,7H2,(H,23,24,27). The number of rotatable bonds is 7. The maximum atomic E-state index is 12.4. The number of thiazole rings is 1. The molecule has 1 N–H and O–H groups in total. The third kappa shape index (κ3) is 5.11. The maximum Gasteiger partial charge on any atom is 0.573 e. The number of ether oxygens (including phenoxy) is 1. The highest BCUT2D eigenvalue weighted by molar-refractivity contribution is 7.22. The third-order valence-electron chi connectivity index (χ3n) is 4.49. The Hall–Kier alpha value is -3.94. The number of fused-ring (bicyclic) bond motifs is 2. The monoisotopic (exact) mass is 482 g/mol. The fraction of sp³-hybridized carbons (Fsp3) is 0.211. The quantitative estimate of drug-likeness (QED) is 0.305. The van der Waals surface area contributed by atoms with Crippen LogP contribution in [0.25, 0.3) is 21.3 Å². The molecule has 10 nitrogen and oxygen atoms in total. The molecule has 2 aromatic carbocycles. The largest absolute Gasteiger partial charge is 0.573 e. The van der Waals surface area contributed by atoms with Gasteiger partial charge in [0.05, 0.1) is 26.7 Å². The molecule has 0 radical (unpaired) electrons. The average molecular weight is 482 g/mol. The van der Waals surface area contributed by atoms with Gasteiger partial charge in [0, 0.05) is 25.1 Å². The van der Waals surface area contributed by atoms with E-state index >= 15 is 0 Å². The zero-order valence-corrected chi connectivity index (χ0v) is 17.2. The molecule has 2 heterocycles. The van der Waals surface area contributed by atoms with Gasteiger partial charge in [-0.05, 0) is 24.6 Å². The van der Waals surface area contributed by atoms with E-state index < -0.39 is 22.9 Å². The van der Waals surface area contributed by atoms with E-state index in [0.29, 0.717) is 15.7 Å². The molecule has 0 bridgehead atoms. The number of amides is 1. The lowest BCUT2D eigenvalue weighted by atomic mass is 10.2. The van der Waals surface area contributed by atoms with Gasteiger partial charge in [-0.1, -0.05) is 11.3 Å². The summed E-state index contributed by atoms with van der Waals surface area (Å²) < 4.78 is 47.6. The first-order valence-corrected chi connectivity index (χ1v) is 10.1. The van der Waals surface area contributed by atoms with Gasteiger partial charge in [-0.3, -0.25) is 19.5 Å².